The van der Waals surface area contributed by atoms with E-state index in [2.05, 4.69) is 21.7 Å². The molecular formula is C18H23N3O2S. The number of nitrogens with zero attached hydrogens (tertiary/aromatic N) is 1. The molecule has 1 saturated carbocycles. The third-order valence-electron chi connectivity index (χ3n) is 4.48. The summed E-state index contributed by atoms with van der Waals surface area (Å²) in [5, 5.41) is 6.90. The van der Waals surface area contributed by atoms with Crippen molar-refractivity contribution in [1.29, 1.82) is 0 Å². The van der Waals surface area contributed by atoms with Gasteiger partial charge in [-0.25, -0.2) is 9.78 Å². The fourth-order valence-electron chi connectivity index (χ4n) is 2.91. The standard InChI is InChI=1S/C18H23N3O2S/c1-12-10-19-16(24-12)13(2)21-17(22)20-11-18(8-9-18)14-6-4-5-7-15(14)23-3/h4-7,10,13H,8-9,11H2,1-3H3,(H2,20,21,22). The quantitative estimate of drug-likeness (QED) is 0.841. The van der Waals surface area contributed by atoms with Crippen molar-refractivity contribution in [1.82, 2.24) is 15.6 Å². The van der Waals surface area contributed by atoms with Crippen molar-refractivity contribution in [2.75, 3.05) is 13.7 Å². The molecule has 2 aromatic rings. The maximum absolute atomic E-state index is 12.2. The molecule has 1 fully saturated rings. The average molecular weight is 345 g/mol. The van der Waals surface area contributed by atoms with Gasteiger partial charge in [0, 0.05) is 28.6 Å². The van der Waals surface area contributed by atoms with Crippen LogP contribution in [0, 0.1) is 6.92 Å². The average Bonchev–Trinajstić information content (AvgIpc) is 3.26. The Balaban J connectivity index is 1.58. The topological polar surface area (TPSA) is 63.2 Å². The molecule has 5 nitrogen and oxygen atoms in total. The lowest BCUT2D eigenvalue weighted by atomic mass is 9.95. The van der Waals surface area contributed by atoms with Crippen molar-refractivity contribution < 1.29 is 9.53 Å². The Kier molecular flexibility index (Phi) is 4.76. The van der Waals surface area contributed by atoms with E-state index in [9.17, 15) is 4.79 Å². The van der Waals surface area contributed by atoms with E-state index in [0.717, 1.165) is 28.5 Å². The van der Waals surface area contributed by atoms with Crippen molar-refractivity contribution in [3.05, 3.63) is 45.9 Å². The van der Waals surface area contributed by atoms with Gasteiger partial charge in [0.1, 0.15) is 10.8 Å². The van der Waals surface area contributed by atoms with Crippen LogP contribution in [-0.4, -0.2) is 24.7 Å². The number of amides is 2. The van der Waals surface area contributed by atoms with Crippen molar-refractivity contribution in [3.8, 4) is 5.75 Å². The second-order valence-electron chi connectivity index (χ2n) is 6.34. The number of para-hydroxylation sites is 1. The van der Waals surface area contributed by atoms with Crippen molar-refractivity contribution in [2.24, 2.45) is 0 Å². The molecule has 3 rings (SSSR count). The number of rotatable bonds is 6. The summed E-state index contributed by atoms with van der Waals surface area (Å²) in [5.41, 5.74) is 1.18. The molecule has 0 spiro atoms. The molecule has 24 heavy (non-hydrogen) atoms. The van der Waals surface area contributed by atoms with Gasteiger partial charge < -0.3 is 15.4 Å². The minimum atomic E-state index is -0.156. The van der Waals surface area contributed by atoms with Gasteiger partial charge in [-0.1, -0.05) is 18.2 Å². The highest BCUT2D eigenvalue weighted by atomic mass is 32.1. The minimum absolute atomic E-state index is 0.00491. The molecule has 1 aromatic heterocycles. The van der Waals surface area contributed by atoms with E-state index in [0.29, 0.717) is 6.54 Å². The lowest BCUT2D eigenvalue weighted by molar-refractivity contribution is 0.236. The lowest BCUT2D eigenvalue weighted by Crippen LogP contribution is -2.40. The van der Waals surface area contributed by atoms with Crippen molar-refractivity contribution >= 4 is 17.4 Å². The zero-order chi connectivity index (χ0) is 17.2. The highest BCUT2D eigenvalue weighted by Crippen LogP contribution is 2.50. The second kappa shape index (κ2) is 6.81. The fraction of sp³-hybridized carbons (Fsp3) is 0.444. The van der Waals surface area contributed by atoms with Crippen LogP contribution >= 0.6 is 11.3 Å². The predicted octanol–water partition coefficient (Wildman–Crippen LogP) is 3.55. The van der Waals surface area contributed by atoms with Crippen LogP contribution in [0.25, 0.3) is 0 Å². The summed E-state index contributed by atoms with van der Waals surface area (Å²) in [5.74, 6) is 0.892. The molecule has 1 aliphatic rings. The Morgan fingerprint density at radius 2 is 2.17 bits per heavy atom. The summed E-state index contributed by atoms with van der Waals surface area (Å²) >= 11 is 1.61. The van der Waals surface area contributed by atoms with Gasteiger partial charge in [-0.2, -0.15) is 0 Å². The van der Waals surface area contributed by atoms with Gasteiger partial charge in [0.25, 0.3) is 0 Å². The number of urea groups is 1. The monoisotopic (exact) mass is 345 g/mol. The fourth-order valence-corrected chi connectivity index (χ4v) is 3.68. The van der Waals surface area contributed by atoms with E-state index in [1.165, 1.54) is 5.56 Å². The van der Waals surface area contributed by atoms with Crippen LogP contribution in [0.2, 0.25) is 0 Å². The molecule has 1 aliphatic carbocycles. The van der Waals surface area contributed by atoms with Crippen LogP contribution in [0.4, 0.5) is 4.79 Å². The summed E-state index contributed by atoms with van der Waals surface area (Å²) in [6.45, 7) is 4.58. The number of methoxy groups -OCH3 is 1. The SMILES string of the molecule is COc1ccccc1C1(CNC(=O)NC(C)c2ncc(C)s2)CC1. The Morgan fingerprint density at radius 3 is 2.79 bits per heavy atom. The van der Waals surface area contributed by atoms with Gasteiger partial charge in [-0.3, -0.25) is 0 Å². The van der Waals surface area contributed by atoms with Gasteiger partial charge in [0.05, 0.1) is 13.2 Å². The molecule has 1 unspecified atom stereocenters. The number of aryl methyl sites for hydroxylation is 1. The molecule has 2 amide bonds. The minimum Gasteiger partial charge on any atom is -0.496 e. The Morgan fingerprint density at radius 1 is 1.42 bits per heavy atom. The third kappa shape index (κ3) is 3.53. The summed E-state index contributed by atoms with van der Waals surface area (Å²) in [7, 11) is 1.69. The van der Waals surface area contributed by atoms with Crippen LogP contribution < -0.4 is 15.4 Å². The van der Waals surface area contributed by atoms with Gasteiger partial charge in [0.2, 0.25) is 0 Å². The zero-order valence-electron chi connectivity index (χ0n) is 14.3. The van der Waals surface area contributed by atoms with Crippen molar-refractivity contribution in [2.45, 2.75) is 38.1 Å². The third-order valence-corrected chi connectivity index (χ3v) is 5.57. The molecule has 0 aliphatic heterocycles. The highest BCUT2D eigenvalue weighted by Gasteiger charge is 2.46. The molecule has 128 valence electrons. The summed E-state index contributed by atoms with van der Waals surface area (Å²) in [6.07, 6.45) is 3.96. The Bertz CT molecular complexity index is 725. The summed E-state index contributed by atoms with van der Waals surface area (Å²) in [4.78, 5) is 17.7. The molecular weight excluding hydrogens is 322 g/mol. The number of aromatic nitrogens is 1. The van der Waals surface area contributed by atoms with Crippen LogP contribution in [0.1, 0.15) is 41.3 Å². The van der Waals surface area contributed by atoms with Gasteiger partial charge >= 0.3 is 6.03 Å². The van der Waals surface area contributed by atoms with Gasteiger partial charge in [-0.05, 0) is 32.8 Å². The smallest absolute Gasteiger partial charge is 0.315 e. The van der Waals surface area contributed by atoms with E-state index in [4.69, 9.17) is 4.74 Å². The number of hydrogen-bond acceptors (Lipinski definition) is 4. The zero-order valence-corrected chi connectivity index (χ0v) is 15.1. The molecule has 0 saturated heterocycles. The highest BCUT2D eigenvalue weighted by molar-refractivity contribution is 7.11. The number of carbonyl (C=O) groups is 1. The first-order chi connectivity index (χ1) is 11.5. The lowest BCUT2D eigenvalue weighted by Gasteiger charge is -2.20. The van der Waals surface area contributed by atoms with Gasteiger partial charge in [-0.15, -0.1) is 11.3 Å². The number of hydrogen-bond donors (Lipinski definition) is 2. The molecule has 6 heteroatoms. The number of ether oxygens (including phenoxy) is 1. The predicted molar refractivity (Wildman–Crippen MR) is 95.7 cm³/mol. The number of benzene rings is 1. The molecule has 0 bridgehead atoms. The largest absolute Gasteiger partial charge is 0.496 e. The second-order valence-corrected chi connectivity index (χ2v) is 7.60. The first-order valence-corrected chi connectivity index (χ1v) is 8.96. The van der Waals surface area contributed by atoms with E-state index in [1.807, 2.05) is 38.2 Å². The van der Waals surface area contributed by atoms with Crippen LogP contribution in [-0.2, 0) is 5.41 Å². The first kappa shape index (κ1) is 16.8. The van der Waals surface area contributed by atoms with Crippen LogP contribution in [0.5, 0.6) is 5.75 Å². The maximum atomic E-state index is 12.2. The van der Waals surface area contributed by atoms with E-state index in [-0.39, 0.29) is 17.5 Å². The Labute approximate surface area is 146 Å². The molecule has 1 atom stereocenters. The molecule has 0 radical (unpaired) electrons. The Hall–Kier alpha value is -2.08. The van der Waals surface area contributed by atoms with E-state index in [1.54, 1.807) is 18.4 Å². The van der Waals surface area contributed by atoms with Gasteiger partial charge in [0.15, 0.2) is 0 Å². The molecule has 1 heterocycles. The number of nitrogens with one attached hydrogen (secondary N) is 2. The van der Waals surface area contributed by atoms with E-state index >= 15 is 0 Å². The molecule has 1 aromatic carbocycles. The maximum Gasteiger partial charge on any atom is 0.315 e. The van der Waals surface area contributed by atoms with Crippen LogP contribution in [0.15, 0.2) is 30.5 Å². The molecule has 2 N–H and O–H groups in total. The number of carbonyl (C=O) groups excluding carboxylic acids is 1. The summed E-state index contributed by atoms with van der Waals surface area (Å²) < 4.78 is 5.47. The van der Waals surface area contributed by atoms with Crippen molar-refractivity contribution in [3.63, 3.8) is 0 Å². The van der Waals surface area contributed by atoms with Crippen LogP contribution in [0.3, 0.4) is 0 Å². The number of thiazole rings is 1. The normalized spacial score (nSPS) is 16.3. The summed E-state index contributed by atoms with van der Waals surface area (Å²) in [6, 6.07) is 7.80. The van der Waals surface area contributed by atoms with E-state index < -0.39 is 0 Å². The first-order valence-electron chi connectivity index (χ1n) is 8.14.